The molecule has 1 aliphatic heterocycles. The summed E-state index contributed by atoms with van der Waals surface area (Å²) in [6.45, 7) is 5.65. The van der Waals surface area contributed by atoms with Gasteiger partial charge in [0.15, 0.2) is 22.8 Å². The number of rotatable bonds is 2. The number of hydrogen-bond acceptors (Lipinski definition) is 5. The molecule has 4 rings (SSSR count). The third-order valence-electron chi connectivity index (χ3n) is 3.82. The van der Waals surface area contributed by atoms with Crippen LogP contribution in [0.25, 0.3) is 5.65 Å². The molecule has 2 aromatic heterocycles. The monoisotopic (exact) mass is 324 g/mol. The van der Waals surface area contributed by atoms with Crippen molar-refractivity contribution in [1.82, 2.24) is 14.4 Å². The minimum absolute atomic E-state index is 0.285. The van der Waals surface area contributed by atoms with Gasteiger partial charge in [-0.3, -0.25) is 9.20 Å². The number of nitrogens with one attached hydrogen (secondary N) is 1. The second-order valence-electron chi connectivity index (χ2n) is 5.74. The molecule has 1 unspecified atom stereocenters. The highest BCUT2D eigenvalue weighted by Crippen LogP contribution is 2.36. The van der Waals surface area contributed by atoms with Gasteiger partial charge in [-0.25, -0.2) is 9.97 Å². The van der Waals surface area contributed by atoms with Crippen molar-refractivity contribution >= 4 is 17.2 Å². The van der Waals surface area contributed by atoms with Crippen LogP contribution in [0.4, 0.5) is 5.69 Å². The van der Waals surface area contributed by atoms with Crippen LogP contribution in [0.3, 0.4) is 0 Å². The first kappa shape index (κ1) is 14.5. The Labute approximate surface area is 138 Å². The van der Waals surface area contributed by atoms with Crippen LogP contribution < -0.4 is 14.8 Å². The number of nitrogens with zero attached hydrogens (tertiary/aromatic N) is 3. The number of aromatic nitrogens is 3. The predicted molar refractivity (Wildman–Crippen MR) is 87.6 cm³/mol. The van der Waals surface area contributed by atoms with E-state index in [2.05, 4.69) is 15.3 Å². The first-order valence-corrected chi connectivity index (χ1v) is 7.61. The van der Waals surface area contributed by atoms with E-state index < -0.39 is 0 Å². The molecule has 1 amide bonds. The maximum absolute atomic E-state index is 12.6. The van der Waals surface area contributed by atoms with E-state index in [0.29, 0.717) is 22.8 Å². The van der Waals surface area contributed by atoms with Gasteiger partial charge >= 0.3 is 0 Å². The summed E-state index contributed by atoms with van der Waals surface area (Å²) in [4.78, 5) is 21.2. The van der Waals surface area contributed by atoms with E-state index >= 15 is 0 Å². The number of hydrogen-bond donors (Lipinski definition) is 1. The molecular weight excluding hydrogens is 308 g/mol. The van der Waals surface area contributed by atoms with Crippen molar-refractivity contribution in [2.45, 2.75) is 27.1 Å². The predicted octanol–water partition coefficient (Wildman–Crippen LogP) is 2.72. The fraction of sp³-hybridized carbons (Fsp3) is 0.235. The molecule has 122 valence electrons. The van der Waals surface area contributed by atoms with E-state index in [1.165, 1.54) is 0 Å². The van der Waals surface area contributed by atoms with Gasteiger partial charge in [0.25, 0.3) is 5.91 Å². The smallest absolute Gasteiger partial charge is 0.278 e. The summed E-state index contributed by atoms with van der Waals surface area (Å²) in [5.74, 6) is 0.961. The average Bonchev–Trinajstić information content (AvgIpc) is 3.09. The molecule has 0 saturated carbocycles. The Morgan fingerprint density at radius 1 is 1.21 bits per heavy atom. The molecule has 3 heterocycles. The molecule has 0 radical (unpaired) electrons. The molecule has 7 heteroatoms. The van der Waals surface area contributed by atoms with Crippen molar-refractivity contribution in [2.75, 3.05) is 5.32 Å². The summed E-state index contributed by atoms with van der Waals surface area (Å²) in [6.07, 6.45) is 1.28. The number of benzene rings is 1. The third kappa shape index (κ3) is 2.34. The van der Waals surface area contributed by atoms with Gasteiger partial charge in [0.05, 0.1) is 0 Å². The van der Waals surface area contributed by atoms with Crippen LogP contribution in [0, 0.1) is 13.8 Å². The lowest BCUT2D eigenvalue weighted by Crippen LogP contribution is -2.13. The summed E-state index contributed by atoms with van der Waals surface area (Å²) in [7, 11) is 0. The summed E-state index contributed by atoms with van der Waals surface area (Å²) in [5, 5.41) is 2.83. The van der Waals surface area contributed by atoms with Gasteiger partial charge in [0, 0.05) is 30.1 Å². The quantitative estimate of drug-likeness (QED) is 0.784. The van der Waals surface area contributed by atoms with Gasteiger partial charge in [-0.1, -0.05) is 0 Å². The molecule has 1 aliphatic rings. The molecule has 7 nitrogen and oxygen atoms in total. The molecule has 0 aliphatic carbocycles. The maximum atomic E-state index is 12.6. The Balaban J connectivity index is 1.65. The van der Waals surface area contributed by atoms with E-state index in [0.717, 1.165) is 11.4 Å². The molecule has 1 atom stereocenters. The van der Waals surface area contributed by atoms with Crippen molar-refractivity contribution in [3.8, 4) is 11.5 Å². The van der Waals surface area contributed by atoms with Gasteiger partial charge in [0.1, 0.15) is 6.33 Å². The Morgan fingerprint density at radius 2 is 2.00 bits per heavy atom. The molecule has 1 aromatic carbocycles. The first-order valence-electron chi connectivity index (χ1n) is 7.61. The summed E-state index contributed by atoms with van der Waals surface area (Å²) in [5.41, 5.74) is 3.25. The van der Waals surface area contributed by atoms with Gasteiger partial charge in [-0.2, -0.15) is 0 Å². The molecule has 0 fully saturated rings. The van der Waals surface area contributed by atoms with Crippen molar-refractivity contribution in [2.24, 2.45) is 0 Å². The largest absolute Gasteiger partial charge is 0.451 e. The van der Waals surface area contributed by atoms with E-state index in [-0.39, 0.29) is 17.9 Å². The van der Waals surface area contributed by atoms with E-state index in [9.17, 15) is 4.79 Å². The highest BCUT2D eigenvalue weighted by Gasteiger charge is 2.21. The Morgan fingerprint density at radius 3 is 2.83 bits per heavy atom. The molecule has 0 saturated heterocycles. The fourth-order valence-corrected chi connectivity index (χ4v) is 2.79. The van der Waals surface area contributed by atoms with E-state index in [1.54, 1.807) is 28.9 Å². The van der Waals surface area contributed by atoms with Crippen molar-refractivity contribution in [3.63, 3.8) is 0 Å². The summed E-state index contributed by atoms with van der Waals surface area (Å²) < 4.78 is 12.8. The first-order chi connectivity index (χ1) is 11.5. The second kappa shape index (κ2) is 5.23. The van der Waals surface area contributed by atoms with Crippen molar-refractivity contribution < 1.29 is 14.3 Å². The SMILES string of the molecule is Cc1cc(C)n2cnc(C(=O)Nc3ccc4c(c3)OC(C)O4)c2n1. The van der Waals surface area contributed by atoms with Crippen LogP contribution in [-0.2, 0) is 0 Å². The summed E-state index contributed by atoms with van der Waals surface area (Å²) in [6, 6.07) is 7.21. The van der Waals surface area contributed by atoms with E-state index in [1.807, 2.05) is 26.8 Å². The van der Waals surface area contributed by atoms with Crippen molar-refractivity contribution in [3.05, 3.63) is 47.7 Å². The summed E-state index contributed by atoms with van der Waals surface area (Å²) >= 11 is 0. The number of carbonyl (C=O) groups is 1. The standard InChI is InChI=1S/C17H16N4O3/c1-9-6-10(2)21-8-18-15(16(21)19-9)17(22)20-12-4-5-13-14(7-12)24-11(3)23-13/h4-8,11H,1-3H3,(H,20,22). The van der Waals surface area contributed by atoms with Crippen LogP contribution in [0.15, 0.2) is 30.6 Å². The number of aryl methyl sites for hydroxylation is 2. The molecule has 3 aromatic rings. The van der Waals surface area contributed by atoms with E-state index in [4.69, 9.17) is 9.47 Å². The van der Waals surface area contributed by atoms with Gasteiger partial charge in [-0.15, -0.1) is 0 Å². The Kier molecular flexibility index (Phi) is 3.16. The molecule has 0 bridgehead atoms. The van der Waals surface area contributed by atoms with Gasteiger partial charge in [0.2, 0.25) is 6.29 Å². The second-order valence-corrected chi connectivity index (χ2v) is 5.74. The number of ether oxygens (including phenoxy) is 2. The molecule has 0 spiro atoms. The Bertz CT molecular complexity index is 964. The molecule has 24 heavy (non-hydrogen) atoms. The lowest BCUT2D eigenvalue weighted by atomic mass is 10.2. The van der Waals surface area contributed by atoms with Crippen molar-refractivity contribution in [1.29, 1.82) is 0 Å². The highest BCUT2D eigenvalue weighted by atomic mass is 16.7. The zero-order chi connectivity index (χ0) is 16.8. The number of amides is 1. The van der Waals surface area contributed by atoms with Gasteiger partial charge < -0.3 is 14.8 Å². The topological polar surface area (TPSA) is 77.8 Å². The lowest BCUT2D eigenvalue weighted by molar-refractivity contribution is 0.0679. The molecule has 1 N–H and O–H groups in total. The minimum Gasteiger partial charge on any atom is -0.451 e. The number of fused-ring (bicyclic) bond motifs is 2. The number of imidazole rings is 1. The zero-order valence-electron chi connectivity index (χ0n) is 13.5. The molecular formula is C17H16N4O3. The third-order valence-corrected chi connectivity index (χ3v) is 3.82. The number of anilines is 1. The normalized spacial score (nSPS) is 15.7. The number of carbonyl (C=O) groups excluding carboxylic acids is 1. The minimum atomic E-state index is -0.321. The average molecular weight is 324 g/mol. The van der Waals surface area contributed by atoms with Crippen LogP contribution in [-0.4, -0.2) is 26.6 Å². The van der Waals surface area contributed by atoms with Crippen LogP contribution >= 0.6 is 0 Å². The zero-order valence-corrected chi connectivity index (χ0v) is 13.5. The highest BCUT2D eigenvalue weighted by molar-refractivity contribution is 6.07. The van der Waals surface area contributed by atoms with Crippen LogP contribution in [0.1, 0.15) is 28.8 Å². The fourth-order valence-electron chi connectivity index (χ4n) is 2.79. The van der Waals surface area contributed by atoms with Crippen LogP contribution in [0.2, 0.25) is 0 Å². The maximum Gasteiger partial charge on any atom is 0.278 e. The Hall–Kier alpha value is -3.09. The van der Waals surface area contributed by atoms with Crippen LogP contribution in [0.5, 0.6) is 11.5 Å². The lowest BCUT2D eigenvalue weighted by Gasteiger charge is -2.06. The van der Waals surface area contributed by atoms with Gasteiger partial charge in [-0.05, 0) is 32.0 Å².